The number of amides is 2. The normalized spacial score (nSPS) is 10.7. The number of halogens is 1. The molecule has 0 spiro atoms. The third kappa shape index (κ3) is 7.13. The largest absolute Gasteiger partial charge is 0.497 e. The number of hydrazone groups is 1. The number of aromatic nitrogens is 2. The van der Waals surface area contributed by atoms with Gasteiger partial charge in [-0.3, -0.25) is 14.9 Å². The van der Waals surface area contributed by atoms with Gasteiger partial charge in [-0.25, -0.2) is 5.43 Å². The number of hydrogen-bond donors (Lipinski definition) is 2. The van der Waals surface area contributed by atoms with E-state index in [1.54, 1.807) is 31.4 Å². The van der Waals surface area contributed by atoms with E-state index in [0.717, 1.165) is 28.0 Å². The SMILES string of the molecule is COc1ccc(C(=O)Nc2nnc(CC(=O)N/N=C\c3cccc(OCCBr)c3)s2)cc1. The molecule has 2 amide bonds. The Morgan fingerprint density at radius 2 is 1.97 bits per heavy atom. The van der Waals surface area contributed by atoms with Crippen molar-refractivity contribution in [2.24, 2.45) is 5.10 Å². The van der Waals surface area contributed by atoms with E-state index >= 15 is 0 Å². The Labute approximate surface area is 197 Å². The maximum atomic E-state index is 12.3. The van der Waals surface area contributed by atoms with Crippen LogP contribution in [-0.4, -0.2) is 47.3 Å². The second-order valence-corrected chi connectivity index (χ2v) is 8.12. The highest BCUT2D eigenvalue weighted by atomic mass is 79.9. The highest BCUT2D eigenvalue weighted by Gasteiger charge is 2.12. The van der Waals surface area contributed by atoms with Gasteiger partial charge in [-0.05, 0) is 42.0 Å². The predicted molar refractivity (Wildman–Crippen MR) is 126 cm³/mol. The number of nitrogens with one attached hydrogen (secondary N) is 2. The highest BCUT2D eigenvalue weighted by molar-refractivity contribution is 9.09. The smallest absolute Gasteiger partial charge is 0.257 e. The van der Waals surface area contributed by atoms with Crippen LogP contribution in [0.4, 0.5) is 5.13 Å². The lowest BCUT2D eigenvalue weighted by molar-refractivity contribution is -0.120. The first kappa shape index (κ1) is 23.4. The van der Waals surface area contributed by atoms with Crippen LogP contribution in [0.3, 0.4) is 0 Å². The van der Waals surface area contributed by atoms with Crippen LogP contribution in [-0.2, 0) is 11.2 Å². The molecule has 0 aliphatic rings. The van der Waals surface area contributed by atoms with Crippen LogP contribution in [0.5, 0.6) is 11.5 Å². The summed E-state index contributed by atoms with van der Waals surface area (Å²) in [5.41, 5.74) is 3.69. The molecule has 11 heteroatoms. The fourth-order valence-electron chi connectivity index (χ4n) is 2.48. The first-order valence-electron chi connectivity index (χ1n) is 9.46. The van der Waals surface area contributed by atoms with E-state index in [0.29, 0.717) is 28.1 Å². The van der Waals surface area contributed by atoms with Crippen molar-refractivity contribution in [3.8, 4) is 11.5 Å². The Kier molecular flexibility index (Phi) is 8.70. The van der Waals surface area contributed by atoms with Crippen molar-refractivity contribution in [2.45, 2.75) is 6.42 Å². The average Bonchev–Trinajstić information content (AvgIpc) is 3.24. The predicted octanol–water partition coefficient (Wildman–Crippen LogP) is 3.27. The number of rotatable bonds is 10. The van der Waals surface area contributed by atoms with Gasteiger partial charge in [0.25, 0.3) is 5.91 Å². The molecular weight excluding hydrogens is 498 g/mol. The lowest BCUT2D eigenvalue weighted by Crippen LogP contribution is -2.19. The number of methoxy groups -OCH3 is 1. The minimum absolute atomic E-state index is 0.0121. The zero-order valence-electron chi connectivity index (χ0n) is 17.1. The number of benzene rings is 2. The topological polar surface area (TPSA) is 115 Å². The summed E-state index contributed by atoms with van der Waals surface area (Å²) < 4.78 is 10.6. The first-order chi connectivity index (χ1) is 15.6. The molecule has 0 unspecified atom stereocenters. The fourth-order valence-corrected chi connectivity index (χ4v) is 3.38. The Morgan fingerprint density at radius 3 is 2.72 bits per heavy atom. The van der Waals surface area contributed by atoms with Crippen molar-refractivity contribution in [1.82, 2.24) is 15.6 Å². The third-order valence-corrected chi connectivity index (χ3v) is 5.12. The second-order valence-electron chi connectivity index (χ2n) is 6.26. The van der Waals surface area contributed by atoms with E-state index < -0.39 is 0 Å². The van der Waals surface area contributed by atoms with Crippen molar-refractivity contribution < 1.29 is 19.1 Å². The van der Waals surface area contributed by atoms with Gasteiger partial charge in [0.2, 0.25) is 11.0 Å². The summed E-state index contributed by atoms with van der Waals surface area (Å²) in [7, 11) is 1.55. The van der Waals surface area contributed by atoms with Crippen LogP contribution in [0.2, 0.25) is 0 Å². The Balaban J connectivity index is 1.48. The molecule has 0 aliphatic carbocycles. The summed E-state index contributed by atoms with van der Waals surface area (Å²) in [5, 5.41) is 16.0. The van der Waals surface area contributed by atoms with Crippen molar-refractivity contribution in [3.63, 3.8) is 0 Å². The maximum absolute atomic E-state index is 12.3. The van der Waals surface area contributed by atoms with Gasteiger partial charge in [0.05, 0.1) is 26.4 Å². The molecule has 166 valence electrons. The van der Waals surface area contributed by atoms with Gasteiger partial charge >= 0.3 is 0 Å². The molecule has 0 saturated heterocycles. The van der Waals surface area contributed by atoms with Crippen molar-refractivity contribution in [3.05, 3.63) is 64.7 Å². The number of carbonyl (C=O) groups is 2. The van der Waals surface area contributed by atoms with Crippen molar-refractivity contribution in [2.75, 3.05) is 24.4 Å². The van der Waals surface area contributed by atoms with Gasteiger partial charge in [-0.2, -0.15) is 5.10 Å². The van der Waals surface area contributed by atoms with E-state index in [4.69, 9.17) is 9.47 Å². The highest BCUT2D eigenvalue weighted by Crippen LogP contribution is 2.18. The molecule has 32 heavy (non-hydrogen) atoms. The molecular formula is C21H20BrN5O4S. The zero-order chi connectivity index (χ0) is 22.8. The lowest BCUT2D eigenvalue weighted by Gasteiger charge is -2.04. The van der Waals surface area contributed by atoms with Gasteiger partial charge < -0.3 is 9.47 Å². The molecule has 2 N–H and O–H groups in total. The van der Waals surface area contributed by atoms with E-state index in [9.17, 15) is 9.59 Å². The molecule has 1 heterocycles. The maximum Gasteiger partial charge on any atom is 0.257 e. The molecule has 2 aromatic carbocycles. The van der Waals surface area contributed by atoms with Crippen LogP contribution in [0, 0.1) is 0 Å². The van der Waals surface area contributed by atoms with Crippen LogP contribution < -0.4 is 20.2 Å². The average molecular weight is 518 g/mol. The van der Waals surface area contributed by atoms with Crippen LogP contribution in [0.1, 0.15) is 20.9 Å². The molecule has 0 fully saturated rings. The monoisotopic (exact) mass is 517 g/mol. The summed E-state index contributed by atoms with van der Waals surface area (Å²) in [6.07, 6.45) is 1.52. The third-order valence-electron chi connectivity index (χ3n) is 3.96. The first-order valence-corrected chi connectivity index (χ1v) is 11.4. The molecule has 3 aromatic rings. The van der Waals surface area contributed by atoms with Gasteiger partial charge in [0.1, 0.15) is 16.5 Å². The standard InChI is InChI=1S/C21H20BrN5O4S/c1-30-16-7-5-15(6-8-16)20(29)24-21-27-26-19(32-21)12-18(28)25-23-13-14-3-2-4-17(11-14)31-10-9-22/h2-8,11,13H,9-10,12H2,1H3,(H,25,28)(H,24,27,29)/b23-13-. The molecule has 3 rings (SSSR count). The number of hydrogen-bond acceptors (Lipinski definition) is 8. The second kappa shape index (κ2) is 11.9. The molecule has 0 saturated carbocycles. The quantitative estimate of drug-likeness (QED) is 0.242. The van der Waals surface area contributed by atoms with Crippen molar-refractivity contribution in [1.29, 1.82) is 0 Å². The summed E-state index contributed by atoms with van der Waals surface area (Å²) in [6.45, 7) is 0.557. The Hall–Kier alpha value is -3.31. The minimum atomic E-state index is -0.350. The number of anilines is 1. The lowest BCUT2D eigenvalue weighted by atomic mass is 10.2. The van der Waals surface area contributed by atoms with Crippen LogP contribution in [0.25, 0.3) is 0 Å². The molecule has 9 nitrogen and oxygen atoms in total. The zero-order valence-corrected chi connectivity index (χ0v) is 19.5. The van der Waals surface area contributed by atoms with Gasteiger partial charge in [0, 0.05) is 10.9 Å². The Morgan fingerprint density at radius 1 is 1.16 bits per heavy atom. The van der Waals surface area contributed by atoms with Gasteiger partial charge in [0.15, 0.2) is 0 Å². The molecule has 0 atom stereocenters. The molecule has 0 radical (unpaired) electrons. The Bertz CT molecular complexity index is 1090. The van der Waals surface area contributed by atoms with Crippen LogP contribution in [0.15, 0.2) is 53.6 Å². The van der Waals surface area contributed by atoms with E-state index in [-0.39, 0.29) is 18.2 Å². The molecule has 0 bridgehead atoms. The molecule has 1 aromatic heterocycles. The summed E-state index contributed by atoms with van der Waals surface area (Å²) in [6, 6.07) is 14.0. The van der Waals surface area contributed by atoms with Gasteiger partial charge in [-0.1, -0.05) is 39.4 Å². The van der Waals surface area contributed by atoms with E-state index in [1.807, 2.05) is 24.3 Å². The van der Waals surface area contributed by atoms with E-state index in [1.165, 1.54) is 6.21 Å². The van der Waals surface area contributed by atoms with Gasteiger partial charge in [-0.15, -0.1) is 10.2 Å². The minimum Gasteiger partial charge on any atom is -0.497 e. The number of carbonyl (C=O) groups excluding carboxylic acids is 2. The number of alkyl halides is 1. The fraction of sp³-hybridized carbons (Fsp3) is 0.190. The summed E-state index contributed by atoms with van der Waals surface area (Å²) >= 11 is 4.43. The number of nitrogens with zero attached hydrogens (tertiary/aromatic N) is 3. The molecule has 0 aliphatic heterocycles. The van der Waals surface area contributed by atoms with E-state index in [2.05, 4.69) is 42.0 Å². The summed E-state index contributed by atoms with van der Waals surface area (Å²) in [4.78, 5) is 24.4. The van der Waals surface area contributed by atoms with Crippen LogP contribution >= 0.6 is 27.3 Å². The summed E-state index contributed by atoms with van der Waals surface area (Å²) in [5.74, 6) is 0.700. The van der Waals surface area contributed by atoms with Crippen molar-refractivity contribution >= 4 is 50.4 Å². The number of ether oxygens (including phenoxy) is 2.